The summed E-state index contributed by atoms with van der Waals surface area (Å²) in [5, 5.41) is 2.13. The van der Waals surface area contributed by atoms with Gasteiger partial charge in [0, 0.05) is 6.92 Å². The fourth-order valence-electron chi connectivity index (χ4n) is 1.80. The van der Waals surface area contributed by atoms with Crippen LogP contribution < -0.4 is 10.0 Å². The molecule has 24 heavy (non-hydrogen) atoms. The number of anilines is 2. The van der Waals surface area contributed by atoms with E-state index < -0.39 is 44.1 Å². The molecule has 0 fully saturated rings. The molecule has 2 aromatic rings. The maximum absolute atomic E-state index is 13.6. The number of nitrogens with one attached hydrogen (secondary N) is 2. The number of carbonyl (C=O) groups is 1. The number of halogens is 4. The molecule has 0 aromatic heterocycles. The van der Waals surface area contributed by atoms with Gasteiger partial charge in [-0.25, -0.2) is 26.0 Å². The third-order valence-corrected chi connectivity index (χ3v) is 4.22. The number of amides is 1. The molecule has 0 saturated heterocycles. The average Bonchev–Trinajstić information content (AvgIpc) is 2.47. The van der Waals surface area contributed by atoms with E-state index in [1.165, 1.54) is 0 Å². The lowest BCUT2D eigenvalue weighted by molar-refractivity contribution is -0.114. The maximum atomic E-state index is 13.6. The van der Waals surface area contributed by atoms with Crippen LogP contribution in [0.5, 0.6) is 0 Å². The zero-order valence-corrected chi connectivity index (χ0v) is 12.8. The van der Waals surface area contributed by atoms with Gasteiger partial charge in [0.25, 0.3) is 10.0 Å². The molecule has 2 N–H and O–H groups in total. The predicted molar refractivity (Wildman–Crippen MR) is 77.8 cm³/mol. The van der Waals surface area contributed by atoms with Gasteiger partial charge in [-0.2, -0.15) is 0 Å². The summed E-state index contributed by atoms with van der Waals surface area (Å²) in [6, 6.07) is 3.83. The first-order valence-electron chi connectivity index (χ1n) is 6.35. The van der Waals surface area contributed by atoms with Crippen LogP contribution in [0.3, 0.4) is 0 Å². The van der Waals surface area contributed by atoms with Crippen molar-refractivity contribution >= 4 is 27.3 Å². The van der Waals surface area contributed by atoms with E-state index >= 15 is 0 Å². The van der Waals surface area contributed by atoms with Crippen LogP contribution in [0.4, 0.5) is 28.9 Å². The van der Waals surface area contributed by atoms with Crippen LogP contribution in [0.25, 0.3) is 0 Å². The van der Waals surface area contributed by atoms with Crippen molar-refractivity contribution < 1.29 is 30.8 Å². The summed E-state index contributed by atoms with van der Waals surface area (Å²) in [5.74, 6) is -6.78. The van der Waals surface area contributed by atoms with Crippen LogP contribution in [-0.4, -0.2) is 14.3 Å². The molecule has 2 rings (SSSR count). The van der Waals surface area contributed by atoms with E-state index in [0.29, 0.717) is 12.1 Å². The van der Waals surface area contributed by atoms with Crippen LogP contribution in [-0.2, 0) is 14.8 Å². The fraction of sp³-hybridized carbons (Fsp3) is 0.0714. The highest BCUT2D eigenvalue weighted by molar-refractivity contribution is 7.92. The lowest BCUT2D eigenvalue weighted by atomic mass is 10.2. The molecule has 0 aliphatic heterocycles. The summed E-state index contributed by atoms with van der Waals surface area (Å²) in [7, 11) is -4.61. The second-order valence-electron chi connectivity index (χ2n) is 4.65. The van der Waals surface area contributed by atoms with E-state index in [9.17, 15) is 30.8 Å². The van der Waals surface area contributed by atoms with Crippen molar-refractivity contribution in [2.24, 2.45) is 0 Å². The second kappa shape index (κ2) is 6.48. The third-order valence-electron chi connectivity index (χ3n) is 2.82. The average molecular weight is 362 g/mol. The lowest BCUT2D eigenvalue weighted by Gasteiger charge is -2.11. The Morgan fingerprint density at radius 2 is 1.58 bits per heavy atom. The standard InChI is InChI=1S/C14H10F4N2O3S/c1-7(21)19-11-6-8(2-3-9(11)15)20-24(22,23)12-5-4-10(16)13(17)14(12)18/h2-6,20H,1H3,(H,19,21). The van der Waals surface area contributed by atoms with Gasteiger partial charge in [0.2, 0.25) is 5.91 Å². The first kappa shape index (κ1) is 17.7. The zero-order chi connectivity index (χ0) is 18.1. The molecule has 0 unspecified atom stereocenters. The first-order chi connectivity index (χ1) is 11.1. The van der Waals surface area contributed by atoms with E-state index in [0.717, 1.165) is 25.1 Å². The number of hydrogen-bond donors (Lipinski definition) is 2. The van der Waals surface area contributed by atoms with Gasteiger partial charge in [-0.1, -0.05) is 0 Å². The zero-order valence-electron chi connectivity index (χ0n) is 12.0. The molecule has 5 nitrogen and oxygen atoms in total. The molecular formula is C14H10F4N2O3S. The number of rotatable bonds is 4. The highest BCUT2D eigenvalue weighted by atomic mass is 32.2. The van der Waals surface area contributed by atoms with Crippen molar-refractivity contribution in [1.29, 1.82) is 0 Å². The molecule has 0 aliphatic rings. The van der Waals surface area contributed by atoms with Crippen LogP contribution in [0.2, 0.25) is 0 Å². The summed E-state index contributed by atoms with van der Waals surface area (Å²) in [4.78, 5) is 9.84. The van der Waals surface area contributed by atoms with Gasteiger partial charge < -0.3 is 5.32 Å². The third kappa shape index (κ3) is 3.65. The monoisotopic (exact) mass is 362 g/mol. The molecular weight excluding hydrogens is 352 g/mol. The summed E-state index contributed by atoms with van der Waals surface area (Å²) in [6.45, 7) is 1.12. The summed E-state index contributed by atoms with van der Waals surface area (Å²) in [5.41, 5.74) is -0.530. The normalized spacial score (nSPS) is 11.2. The Morgan fingerprint density at radius 1 is 0.958 bits per heavy atom. The summed E-state index contributed by atoms with van der Waals surface area (Å²) < 4.78 is 79.2. The quantitative estimate of drug-likeness (QED) is 0.649. The number of sulfonamides is 1. The van der Waals surface area contributed by atoms with E-state index in [1.807, 2.05) is 4.72 Å². The van der Waals surface area contributed by atoms with E-state index in [4.69, 9.17) is 0 Å². The van der Waals surface area contributed by atoms with Gasteiger partial charge in [0.15, 0.2) is 17.5 Å². The topological polar surface area (TPSA) is 75.3 Å². The van der Waals surface area contributed by atoms with Crippen molar-refractivity contribution in [3.63, 3.8) is 0 Å². The Labute approximate surface area is 134 Å². The van der Waals surface area contributed by atoms with Crippen molar-refractivity contribution in [3.8, 4) is 0 Å². The molecule has 0 heterocycles. The molecule has 0 bridgehead atoms. The highest BCUT2D eigenvalue weighted by Crippen LogP contribution is 2.25. The van der Waals surface area contributed by atoms with Crippen molar-refractivity contribution in [1.82, 2.24) is 0 Å². The first-order valence-corrected chi connectivity index (χ1v) is 7.83. The molecule has 1 amide bonds. The van der Waals surface area contributed by atoms with Crippen LogP contribution in [0.1, 0.15) is 6.92 Å². The number of carbonyl (C=O) groups excluding carboxylic acids is 1. The maximum Gasteiger partial charge on any atom is 0.264 e. The van der Waals surface area contributed by atoms with Crippen molar-refractivity contribution in [3.05, 3.63) is 53.6 Å². The van der Waals surface area contributed by atoms with Gasteiger partial charge in [0.05, 0.1) is 11.4 Å². The smallest absolute Gasteiger partial charge is 0.264 e. The molecule has 10 heteroatoms. The van der Waals surface area contributed by atoms with Crippen LogP contribution in [0.15, 0.2) is 35.2 Å². The minimum absolute atomic E-state index is 0.218. The van der Waals surface area contributed by atoms with Gasteiger partial charge in [-0.05, 0) is 30.3 Å². The van der Waals surface area contributed by atoms with Gasteiger partial charge in [-0.3, -0.25) is 9.52 Å². The van der Waals surface area contributed by atoms with Gasteiger partial charge in [-0.15, -0.1) is 0 Å². The highest BCUT2D eigenvalue weighted by Gasteiger charge is 2.24. The number of benzene rings is 2. The molecule has 128 valence electrons. The molecule has 0 saturated carbocycles. The van der Waals surface area contributed by atoms with Crippen molar-refractivity contribution in [2.75, 3.05) is 10.0 Å². The Morgan fingerprint density at radius 3 is 2.21 bits per heavy atom. The second-order valence-corrected chi connectivity index (χ2v) is 6.31. The van der Waals surface area contributed by atoms with E-state index in [-0.39, 0.29) is 11.4 Å². The Bertz CT molecular complexity index is 916. The van der Waals surface area contributed by atoms with E-state index in [1.54, 1.807) is 0 Å². The molecule has 0 spiro atoms. The minimum Gasteiger partial charge on any atom is -0.324 e. The molecule has 0 atom stereocenters. The number of hydrogen-bond acceptors (Lipinski definition) is 3. The molecule has 0 aliphatic carbocycles. The van der Waals surface area contributed by atoms with Crippen LogP contribution >= 0.6 is 0 Å². The largest absolute Gasteiger partial charge is 0.324 e. The molecule has 2 aromatic carbocycles. The Kier molecular flexibility index (Phi) is 4.78. The minimum atomic E-state index is -4.61. The Hall–Kier alpha value is -2.62. The predicted octanol–water partition coefficient (Wildman–Crippen LogP) is 3.00. The summed E-state index contributed by atoms with van der Waals surface area (Å²) in [6.07, 6.45) is 0. The van der Waals surface area contributed by atoms with Crippen LogP contribution in [0, 0.1) is 23.3 Å². The van der Waals surface area contributed by atoms with Gasteiger partial charge in [0.1, 0.15) is 10.7 Å². The summed E-state index contributed by atoms with van der Waals surface area (Å²) >= 11 is 0. The Balaban J connectivity index is 2.40. The fourth-order valence-corrected chi connectivity index (χ4v) is 2.92. The SMILES string of the molecule is CC(=O)Nc1cc(NS(=O)(=O)c2ccc(F)c(F)c2F)ccc1F. The lowest BCUT2D eigenvalue weighted by Crippen LogP contribution is -2.16. The van der Waals surface area contributed by atoms with Gasteiger partial charge >= 0.3 is 0 Å². The molecule has 0 radical (unpaired) electrons. The van der Waals surface area contributed by atoms with E-state index in [2.05, 4.69) is 5.32 Å². The van der Waals surface area contributed by atoms with Crippen molar-refractivity contribution in [2.45, 2.75) is 11.8 Å².